The van der Waals surface area contributed by atoms with Gasteiger partial charge in [0.05, 0.1) is 12.7 Å². The van der Waals surface area contributed by atoms with E-state index in [1.807, 2.05) is 0 Å². The number of ether oxygens (including phenoxy) is 1. The van der Waals surface area contributed by atoms with Gasteiger partial charge in [-0.2, -0.15) is 0 Å². The van der Waals surface area contributed by atoms with Crippen molar-refractivity contribution >= 4 is 0 Å². The van der Waals surface area contributed by atoms with Gasteiger partial charge >= 0.3 is 0 Å². The maximum absolute atomic E-state index is 13.0. The number of nitro groups is 1. The first kappa shape index (κ1) is 9.44. The Morgan fingerprint density at radius 3 is 2.77 bits per heavy atom. The van der Waals surface area contributed by atoms with Gasteiger partial charge in [-0.3, -0.25) is 10.1 Å². The summed E-state index contributed by atoms with van der Waals surface area (Å²) in [5.74, 6) is -0.263. The third-order valence-electron chi connectivity index (χ3n) is 1.56. The van der Waals surface area contributed by atoms with Crippen LogP contribution in [-0.4, -0.2) is 12.0 Å². The van der Waals surface area contributed by atoms with Crippen LogP contribution < -0.4 is 4.74 Å². The average Bonchev–Trinajstić information content (AvgIpc) is 2.08. The normalized spacial score (nSPS) is 9.69. The third kappa shape index (κ3) is 2.40. The molecule has 13 heavy (non-hydrogen) atoms. The molecule has 1 aromatic carbocycles. The second-order valence-corrected chi connectivity index (χ2v) is 2.45. The topological polar surface area (TPSA) is 52.4 Å². The lowest BCUT2D eigenvalue weighted by Gasteiger charge is -2.01. The molecule has 0 aliphatic heterocycles. The molecule has 0 saturated heterocycles. The molecule has 1 rings (SSSR count). The van der Waals surface area contributed by atoms with E-state index in [1.54, 1.807) is 0 Å². The van der Waals surface area contributed by atoms with Crippen LogP contribution in [0.25, 0.3) is 0 Å². The van der Waals surface area contributed by atoms with Gasteiger partial charge in [0.1, 0.15) is 11.6 Å². The fourth-order valence-corrected chi connectivity index (χ4v) is 0.922. The number of rotatable bonds is 3. The van der Waals surface area contributed by atoms with Gasteiger partial charge in [0, 0.05) is 11.0 Å². The summed E-state index contributed by atoms with van der Waals surface area (Å²) in [5.41, 5.74) is 0.0609. The van der Waals surface area contributed by atoms with E-state index in [0.29, 0.717) is 5.75 Å². The van der Waals surface area contributed by atoms with Crippen LogP contribution in [-0.2, 0) is 6.54 Å². The Labute approximate surface area is 74.1 Å². The quantitative estimate of drug-likeness (QED) is 0.531. The van der Waals surface area contributed by atoms with Crippen LogP contribution in [0.5, 0.6) is 5.75 Å². The Morgan fingerprint density at radius 2 is 2.31 bits per heavy atom. The van der Waals surface area contributed by atoms with Crippen molar-refractivity contribution in [1.82, 2.24) is 0 Å². The number of benzene rings is 1. The summed E-state index contributed by atoms with van der Waals surface area (Å²) in [6.07, 6.45) is 0. The van der Waals surface area contributed by atoms with Gasteiger partial charge in [0.15, 0.2) is 0 Å². The van der Waals surface area contributed by atoms with Crippen molar-refractivity contribution in [2.45, 2.75) is 6.54 Å². The number of nitrogens with zero attached hydrogens (tertiary/aromatic N) is 1. The Balaban J connectivity index is 2.91. The number of methoxy groups -OCH3 is 1. The van der Waals surface area contributed by atoms with E-state index < -0.39 is 17.3 Å². The molecule has 0 unspecified atom stereocenters. The number of hydrogen-bond donors (Lipinski definition) is 0. The van der Waals surface area contributed by atoms with E-state index in [0.717, 1.165) is 6.07 Å². The maximum Gasteiger partial charge on any atom is 0.231 e. The summed E-state index contributed by atoms with van der Waals surface area (Å²) in [6.45, 7) is -0.504. The predicted octanol–water partition coefficient (Wildman–Crippen LogP) is 1.61. The number of halogens is 1. The minimum Gasteiger partial charge on any atom is -0.497 e. The minimum absolute atomic E-state index is 0.0609. The zero-order chi connectivity index (χ0) is 9.84. The molecule has 0 saturated carbocycles. The van der Waals surface area contributed by atoms with Crippen molar-refractivity contribution in [3.63, 3.8) is 0 Å². The van der Waals surface area contributed by atoms with E-state index in [-0.39, 0.29) is 5.56 Å². The lowest BCUT2D eigenvalue weighted by atomic mass is 10.2. The lowest BCUT2D eigenvalue weighted by Crippen LogP contribution is -2.01. The standard InChI is InChI=1S/C8H8FNO3/c1-13-7-3-2-6(5-10(11)12)8(9)4-7/h2-4H,5H2,1H3. The van der Waals surface area contributed by atoms with Gasteiger partial charge < -0.3 is 4.74 Å². The van der Waals surface area contributed by atoms with Crippen LogP contribution in [0, 0.1) is 15.9 Å². The fourth-order valence-electron chi connectivity index (χ4n) is 0.922. The highest BCUT2D eigenvalue weighted by molar-refractivity contribution is 5.28. The minimum atomic E-state index is -0.615. The molecular weight excluding hydrogens is 177 g/mol. The molecule has 0 aliphatic carbocycles. The molecule has 4 nitrogen and oxygen atoms in total. The Kier molecular flexibility index (Phi) is 2.79. The van der Waals surface area contributed by atoms with Gasteiger partial charge in [-0.15, -0.1) is 0 Å². The second-order valence-electron chi connectivity index (χ2n) is 2.45. The zero-order valence-electron chi connectivity index (χ0n) is 6.99. The van der Waals surface area contributed by atoms with Crippen molar-refractivity contribution in [3.8, 4) is 5.75 Å². The average molecular weight is 185 g/mol. The summed E-state index contributed by atoms with van der Waals surface area (Å²) < 4.78 is 17.8. The van der Waals surface area contributed by atoms with Crippen molar-refractivity contribution in [3.05, 3.63) is 39.7 Å². The molecule has 0 N–H and O–H groups in total. The monoisotopic (exact) mass is 185 g/mol. The van der Waals surface area contributed by atoms with E-state index >= 15 is 0 Å². The molecule has 1 aromatic rings. The van der Waals surface area contributed by atoms with Crippen LogP contribution in [0.3, 0.4) is 0 Å². The summed E-state index contributed by atoms with van der Waals surface area (Å²) in [6, 6.07) is 3.96. The molecule has 0 amide bonds. The van der Waals surface area contributed by atoms with E-state index in [1.165, 1.54) is 19.2 Å². The molecule has 5 heteroatoms. The van der Waals surface area contributed by atoms with Crippen LogP contribution in [0.15, 0.2) is 18.2 Å². The fraction of sp³-hybridized carbons (Fsp3) is 0.250. The van der Waals surface area contributed by atoms with Gasteiger partial charge in [0.25, 0.3) is 0 Å². The first-order valence-electron chi connectivity index (χ1n) is 3.57. The molecular formula is C8H8FNO3. The molecule has 0 aromatic heterocycles. The molecule has 0 fully saturated rings. The van der Waals surface area contributed by atoms with Gasteiger partial charge in [-0.25, -0.2) is 4.39 Å². The lowest BCUT2D eigenvalue weighted by molar-refractivity contribution is -0.497. The highest BCUT2D eigenvalue weighted by atomic mass is 19.1. The molecule has 0 aliphatic rings. The highest BCUT2D eigenvalue weighted by Gasteiger charge is 2.08. The van der Waals surface area contributed by atoms with E-state index in [2.05, 4.69) is 0 Å². The SMILES string of the molecule is COc1ccc(C[N+](=O)[O-])c(F)c1. The smallest absolute Gasteiger partial charge is 0.231 e. The van der Waals surface area contributed by atoms with Crippen LogP contribution in [0.2, 0.25) is 0 Å². The summed E-state index contributed by atoms with van der Waals surface area (Å²) in [4.78, 5) is 9.50. The Bertz CT molecular complexity index is 327. The molecule has 70 valence electrons. The Hall–Kier alpha value is -1.65. The zero-order valence-corrected chi connectivity index (χ0v) is 6.99. The third-order valence-corrected chi connectivity index (χ3v) is 1.56. The molecule has 0 heterocycles. The van der Waals surface area contributed by atoms with Crippen molar-refractivity contribution in [2.24, 2.45) is 0 Å². The first-order valence-corrected chi connectivity index (χ1v) is 3.57. The van der Waals surface area contributed by atoms with Crippen LogP contribution >= 0.6 is 0 Å². The summed E-state index contributed by atoms with van der Waals surface area (Å²) in [7, 11) is 1.40. The molecule has 0 atom stereocenters. The second kappa shape index (κ2) is 3.84. The van der Waals surface area contributed by atoms with Crippen LogP contribution in [0.1, 0.15) is 5.56 Å². The highest BCUT2D eigenvalue weighted by Crippen LogP contribution is 2.16. The number of hydrogen-bond acceptors (Lipinski definition) is 3. The maximum atomic E-state index is 13.0. The van der Waals surface area contributed by atoms with Gasteiger partial charge in [-0.1, -0.05) is 0 Å². The van der Waals surface area contributed by atoms with E-state index in [4.69, 9.17) is 4.74 Å². The summed E-state index contributed by atoms with van der Waals surface area (Å²) >= 11 is 0. The van der Waals surface area contributed by atoms with Crippen LogP contribution in [0.4, 0.5) is 4.39 Å². The largest absolute Gasteiger partial charge is 0.497 e. The van der Waals surface area contributed by atoms with Crippen molar-refractivity contribution < 1.29 is 14.1 Å². The van der Waals surface area contributed by atoms with Gasteiger partial charge in [-0.05, 0) is 12.1 Å². The molecule has 0 bridgehead atoms. The Morgan fingerprint density at radius 1 is 1.62 bits per heavy atom. The summed E-state index contributed by atoms with van der Waals surface area (Å²) in [5, 5.41) is 10.1. The van der Waals surface area contributed by atoms with Crippen molar-refractivity contribution in [2.75, 3.05) is 7.11 Å². The predicted molar refractivity (Wildman–Crippen MR) is 43.7 cm³/mol. The van der Waals surface area contributed by atoms with Crippen molar-refractivity contribution in [1.29, 1.82) is 0 Å². The van der Waals surface area contributed by atoms with E-state index in [9.17, 15) is 14.5 Å². The first-order chi connectivity index (χ1) is 6.13. The van der Waals surface area contributed by atoms with Gasteiger partial charge in [0.2, 0.25) is 6.54 Å². The molecule has 0 spiro atoms. The molecule has 0 radical (unpaired) electrons.